The Kier molecular flexibility index (Phi) is 4.96. The first-order valence-electron chi connectivity index (χ1n) is 9.30. The fourth-order valence-corrected chi connectivity index (χ4v) is 4.21. The Hall–Kier alpha value is -2.62. The van der Waals surface area contributed by atoms with Crippen LogP contribution in [0, 0.1) is 0 Å². The van der Waals surface area contributed by atoms with Crippen LogP contribution in [0.15, 0.2) is 33.7 Å². The van der Waals surface area contributed by atoms with Crippen LogP contribution in [0.4, 0.5) is 0 Å². The Morgan fingerprint density at radius 3 is 2.75 bits per heavy atom. The van der Waals surface area contributed by atoms with Crippen LogP contribution in [0.2, 0.25) is 0 Å². The summed E-state index contributed by atoms with van der Waals surface area (Å²) in [4.78, 5) is 29.4. The van der Waals surface area contributed by atoms with Crippen LogP contribution in [0.5, 0.6) is 0 Å². The number of imidazole rings is 1. The van der Waals surface area contributed by atoms with Crippen molar-refractivity contribution in [2.24, 2.45) is 14.1 Å². The molecule has 1 aliphatic rings. The standard InChI is InChI=1S/C18H23N7O2S/c1-4-8-24-14(12-6-7-12)20-21-17(24)28-10-5-9-25-16(26)13-15(19-11-22(13)2)23(3)18(25)27/h4,11-12H,1,5-10H2,2-3H3. The molecule has 10 heteroatoms. The summed E-state index contributed by atoms with van der Waals surface area (Å²) in [5.41, 5.74) is 0.212. The van der Waals surface area contributed by atoms with Crippen LogP contribution in [-0.4, -0.2) is 39.2 Å². The summed E-state index contributed by atoms with van der Waals surface area (Å²) in [7, 11) is 3.39. The first kappa shape index (κ1) is 18.7. The molecule has 0 bridgehead atoms. The van der Waals surface area contributed by atoms with Crippen molar-refractivity contribution < 1.29 is 0 Å². The van der Waals surface area contributed by atoms with E-state index < -0.39 is 0 Å². The highest BCUT2D eigenvalue weighted by molar-refractivity contribution is 7.99. The molecule has 3 aromatic heterocycles. The molecule has 1 fully saturated rings. The van der Waals surface area contributed by atoms with Crippen molar-refractivity contribution >= 4 is 22.9 Å². The van der Waals surface area contributed by atoms with Gasteiger partial charge in [-0.25, -0.2) is 9.78 Å². The van der Waals surface area contributed by atoms with Gasteiger partial charge in [0.1, 0.15) is 5.82 Å². The molecule has 3 aromatic rings. The number of hydrogen-bond acceptors (Lipinski definition) is 6. The van der Waals surface area contributed by atoms with Crippen LogP contribution in [0.1, 0.15) is 31.0 Å². The van der Waals surface area contributed by atoms with Crippen LogP contribution in [0.25, 0.3) is 11.2 Å². The second-order valence-corrected chi connectivity index (χ2v) is 8.10. The van der Waals surface area contributed by atoms with Crippen LogP contribution in [-0.2, 0) is 27.2 Å². The molecule has 148 valence electrons. The van der Waals surface area contributed by atoms with E-state index in [-0.39, 0.29) is 11.2 Å². The van der Waals surface area contributed by atoms with Gasteiger partial charge in [-0.15, -0.1) is 16.8 Å². The molecule has 0 atom stereocenters. The Bertz CT molecular complexity index is 1150. The molecular weight excluding hydrogens is 378 g/mol. The van der Waals surface area contributed by atoms with Gasteiger partial charge in [0.05, 0.1) is 6.33 Å². The predicted molar refractivity (Wildman–Crippen MR) is 108 cm³/mol. The molecule has 1 saturated carbocycles. The van der Waals surface area contributed by atoms with Gasteiger partial charge in [-0.1, -0.05) is 17.8 Å². The minimum atomic E-state index is -0.341. The molecule has 0 unspecified atom stereocenters. The van der Waals surface area contributed by atoms with E-state index >= 15 is 0 Å². The zero-order valence-electron chi connectivity index (χ0n) is 16.0. The summed E-state index contributed by atoms with van der Waals surface area (Å²) in [5.74, 6) is 2.29. The highest BCUT2D eigenvalue weighted by Gasteiger charge is 2.30. The lowest BCUT2D eigenvalue weighted by Gasteiger charge is -2.09. The zero-order chi connectivity index (χ0) is 19.8. The molecule has 0 radical (unpaired) electrons. The Morgan fingerprint density at radius 2 is 2.04 bits per heavy atom. The number of aromatic nitrogens is 7. The average molecular weight is 401 g/mol. The van der Waals surface area contributed by atoms with Crippen molar-refractivity contribution in [2.75, 3.05) is 5.75 Å². The number of hydrogen-bond donors (Lipinski definition) is 0. The quantitative estimate of drug-likeness (QED) is 0.321. The highest BCUT2D eigenvalue weighted by Crippen LogP contribution is 2.40. The molecule has 0 N–H and O–H groups in total. The fourth-order valence-electron chi connectivity index (χ4n) is 3.33. The number of aryl methyl sites for hydroxylation is 2. The second kappa shape index (κ2) is 7.42. The number of thioether (sulfide) groups is 1. The molecule has 0 saturated heterocycles. The van der Waals surface area contributed by atoms with E-state index in [9.17, 15) is 9.59 Å². The minimum absolute atomic E-state index is 0.297. The van der Waals surface area contributed by atoms with Gasteiger partial charge >= 0.3 is 5.69 Å². The zero-order valence-corrected chi connectivity index (χ0v) is 16.9. The van der Waals surface area contributed by atoms with Gasteiger partial charge in [0, 0.05) is 38.9 Å². The molecule has 28 heavy (non-hydrogen) atoms. The molecule has 4 rings (SSSR count). The molecular formula is C18H23N7O2S. The molecule has 3 heterocycles. The maximum atomic E-state index is 12.7. The molecule has 0 aliphatic heterocycles. The van der Waals surface area contributed by atoms with Crippen molar-refractivity contribution in [1.82, 2.24) is 33.4 Å². The normalized spacial score (nSPS) is 14.1. The van der Waals surface area contributed by atoms with Crippen LogP contribution in [0.3, 0.4) is 0 Å². The molecule has 0 spiro atoms. The van der Waals surface area contributed by atoms with Gasteiger partial charge in [0.2, 0.25) is 0 Å². The van der Waals surface area contributed by atoms with Crippen LogP contribution < -0.4 is 11.2 Å². The van der Waals surface area contributed by atoms with Gasteiger partial charge < -0.3 is 9.13 Å². The predicted octanol–water partition coefficient (Wildman–Crippen LogP) is 1.27. The fraction of sp³-hybridized carbons (Fsp3) is 0.500. The Morgan fingerprint density at radius 1 is 1.25 bits per heavy atom. The molecule has 0 amide bonds. The van der Waals surface area contributed by atoms with E-state index in [0.717, 1.165) is 16.7 Å². The van der Waals surface area contributed by atoms with Gasteiger partial charge in [-0.3, -0.25) is 13.9 Å². The number of allylic oxidation sites excluding steroid dienone is 1. The van der Waals surface area contributed by atoms with E-state index in [1.807, 2.05) is 6.08 Å². The molecule has 9 nitrogen and oxygen atoms in total. The average Bonchev–Trinajstić information content (AvgIpc) is 3.34. The second-order valence-electron chi connectivity index (χ2n) is 7.04. The first-order chi connectivity index (χ1) is 13.5. The topological polar surface area (TPSA) is 92.5 Å². The van der Waals surface area contributed by atoms with Crippen molar-refractivity contribution in [1.29, 1.82) is 0 Å². The van der Waals surface area contributed by atoms with E-state index in [2.05, 4.69) is 26.3 Å². The monoisotopic (exact) mass is 401 g/mol. The summed E-state index contributed by atoms with van der Waals surface area (Å²) in [5, 5.41) is 9.52. The van der Waals surface area contributed by atoms with Crippen molar-refractivity contribution in [2.45, 2.75) is 43.4 Å². The lowest BCUT2D eigenvalue weighted by Crippen LogP contribution is -2.39. The summed E-state index contributed by atoms with van der Waals surface area (Å²) in [6, 6.07) is 0. The Labute approximate surface area is 165 Å². The third kappa shape index (κ3) is 3.21. The van der Waals surface area contributed by atoms with E-state index in [1.165, 1.54) is 22.0 Å². The lowest BCUT2D eigenvalue weighted by atomic mass is 10.4. The van der Waals surface area contributed by atoms with Gasteiger partial charge in [-0.2, -0.15) is 0 Å². The van der Waals surface area contributed by atoms with Gasteiger partial charge in [0.15, 0.2) is 16.3 Å². The summed E-state index contributed by atoms with van der Waals surface area (Å²) >= 11 is 1.60. The third-order valence-electron chi connectivity index (χ3n) is 4.96. The smallest absolute Gasteiger partial charge is 0.328 e. The molecule has 0 aromatic carbocycles. The first-order valence-corrected chi connectivity index (χ1v) is 10.3. The highest BCUT2D eigenvalue weighted by atomic mass is 32.2. The third-order valence-corrected chi connectivity index (χ3v) is 6.01. The van der Waals surface area contributed by atoms with E-state index in [1.54, 1.807) is 36.8 Å². The van der Waals surface area contributed by atoms with Crippen molar-refractivity contribution in [3.63, 3.8) is 0 Å². The summed E-state index contributed by atoms with van der Waals surface area (Å²) in [6.07, 6.45) is 6.41. The largest absolute Gasteiger partial charge is 0.332 e. The van der Waals surface area contributed by atoms with Crippen molar-refractivity contribution in [3.05, 3.63) is 45.6 Å². The van der Waals surface area contributed by atoms with Crippen molar-refractivity contribution in [3.8, 4) is 0 Å². The van der Waals surface area contributed by atoms with E-state index in [4.69, 9.17) is 0 Å². The van der Waals surface area contributed by atoms with Gasteiger partial charge in [0.25, 0.3) is 5.56 Å². The van der Waals surface area contributed by atoms with E-state index in [0.29, 0.717) is 36.6 Å². The number of fused-ring (bicyclic) bond motifs is 1. The Balaban J connectivity index is 1.48. The van der Waals surface area contributed by atoms with Gasteiger partial charge in [-0.05, 0) is 19.3 Å². The maximum absolute atomic E-state index is 12.7. The summed E-state index contributed by atoms with van der Waals surface area (Å²) < 4.78 is 6.48. The molecule has 1 aliphatic carbocycles. The maximum Gasteiger partial charge on any atom is 0.332 e. The minimum Gasteiger partial charge on any atom is -0.328 e. The number of rotatable bonds is 8. The summed E-state index contributed by atoms with van der Waals surface area (Å²) in [6.45, 7) is 4.87. The lowest BCUT2D eigenvalue weighted by molar-refractivity contribution is 0.593. The SMILES string of the molecule is C=CCn1c(SCCCn2c(=O)c3c(ncn3C)n(C)c2=O)nnc1C1CC1. The number of nitrogens with zero attached hydrogens (tertiary/aromatic N) is 7. The van der Waals surface area contributed by atoms with Crippen LogP contribution >= 0.6 is 11.8 Å².